The summed E-state index contributed by atoms with van der Waals surface area (Å²) in [5.74, 6) is 1.70. The lowest BCUT2D eigenvalue weighted by molar-refractivity contribution is 0.306. The summed E-state index contributed by atoms with van der Waals surface area (Å²) >= 11 is 0. The van der Waals surface area contributed by atoms with Crippen molar-refractivity contribution in [1.82, 2.24) is 10.2 Å². The third-order valence-electron chi connectivity index (χ3n) is 6.08. The lowest BCUT2D eigenvalue weighted by Gasteiger charge is -2.25. The summed E-state index contributed by atoms with van der Waals surface area (Å²) in [6.45, 7) is 0.475. The highest BCUT2D eigenvalue weighted by atomic mass is 16.5. The summed E-state index contributed by atoms with van der Waals surface area (Å²) in [4.78, 5) is 0. The normalized spacial score (nSPS) is 14.4. The Morgan fingerprint density at radius 2 is 1.75 bits per heavy atom. The number of methoxy groups -OCH3 is 2. The molecule has 1 unspecified atom stereocenters. The molecule has 8 heteroatoms. The van der Waals surface area contributed by atoms with E-state index in [1.807, 2.05) is 66.7 Å². The first kappa shape index (κ1) is 22.9. The summed E-state index contributed by atoms with van der Waals surface area (Å²) in [5, 5.41) is 17.4. The number of nitriles is 1. The largest absolute Gasteiger partial charge is 0.497 e. The molecular formula is C28H24N4O4. The lowest BCUT2D eigenvalue weighted by atomic mass is 9.82. The van der Waals surface area contributed by atoms with Gasteiger partial charge in [0.1, 0.15) is 35.5 Å². The molecule has 1 aromatic heterocycles. The molecule has 1 aliphatic rings. The van der Waals surface area contributed by atoms with E-state index in [1.165, 1.54) is 0 Å². The number of aromatic amines is 1. The number of aromatic nitrogens is 2. The molecule has 3 aromatic carbocycles. The lowest BCUT2D eigenvalue weighted by Crippen LogP contribution is -2.21. The van der Waals surface area contributed by atoms with Gasteiger partial charge >= 0.3 is 0 Å². The van der Waals surface area contributed by atoms with Gasteiger partial charge in [0, 0.05) is 17.2 Å². The van der Waals surface area contributed by atoms with E-state index in [-0.39, 0.29) is 11.5 Å². The van der Waals surface area contributed by atoms with Crippen LogP contribution in [-0.4, -0.2) is 24.4 Å². The summed E-state index contributed by atoms with van der Waals surface area (Å²) in [5.41, 5.74) is 10.5. The molecule has 1 aliphatic heterocycles. The SMILES string of the molecule is COc1ccc(C2C(C#N)=C(N)Oc3n[nH]c(-c4ccc(OCc5ccccc5)cc4)c32)c(OC)c1. The van der Waals surface area contributed by atoms with Gasteiger partial charge in [-0.25, -0.2) is 0 Å². The van der Waals surface area contributed by atoms with Crippen LogP contribution >= 0.6 is 0 Å². The molecule has 5 rings (SSSR count). The average molecular weight is 481 g/mol. The fourth-order valence-electron chi connectivity index (χ4n) is 4.29. The molecule has 0 fully saturated rings. The zero-order valence-corrected chi connectivity index (χ0v) is 19.8. The molecule has 180 valence electrons. The molecule has 3 N–H and O–H groups in total. The van der Waals surface area contributed by atoms with E-state index in [2.05, 4.69) is 16.3 Å². The molecule has 0 spiro atoms. The average Bonchev–Trinajstić information content (AvgIpc) is 3.35. The molecular weight excluding hydrogens is 456 g/mol. The molecule has 4 aromatic rings. The number of ether oxygens (including phenoxy) is 4. The summed E-state index contributed by atoms with van der Waals surface area (Å²) < 4.78 is 22.6. The maximum Gasteiger partial charge on any atom is 0.244 e. The number of benzene rings is 3. The minimum Gasteiger partial charge on any atom is -0.497 e. The predicted molar refractivity (Wildman–Crippen MR) is 134 cm³/mol. The van der Waals surface area contributed by atoms with E-state index in [0.717, 1.165) is 22.4 Å². The fraction of sp³-hybridized carbons (Fsp3) is 0.143. The quantitative estimate of drug-likeness (QED) is 0.387. The van der Waals surface area contributed by atoms with Crippen LogP contribution in [0.25, 0.3) is 11.3 Å². The van der Waals surface area contributed by atoms with Gasteiger partial charge in [0.05, 0.1) is 31.4 Å². The van der Waals surface area contributed by atoms with Gasteiger partial charge < -0.3 is 24.7 Å². The van der Waals surface area contributed by atoms with Crippen molar-refractivity contribution in [3.63, 3.8) is 0 Å². The molecule has 1 atom stereocenters. The van der Waals surface area contributed by atoms with Crippen LogP contribution in [0, 0.1) is 11.3 Å². The highest BCUT2D eigenvalue weighted by Crippen LogP contribution is 2.48. The van der Waals surface area contributed by atoms with Crippen molar-refractivity contribution in [2.45, 2.75) is 12.5 Å². The molecule has 2 heterocycles. The second kappa shape index (κ2) is 9.76. The number of nitrogens with two attached hydrogens (primary N) is 1. The van der Waals surface area contributed by atoms with Crippen LogP contribution in [0.2, 0.25) is 0 Å². The van der Waals surface area contributed by atoms with E-state index < -0.39 is 5.92 Å². The van der Waals surface area contributed by atoms with Crippen molar-refractivity contribution in [3.8, 4) is 40.5 Å². The zero-order valence-electron chi connectivity index (χ0n) is 19.8. The Hall–Kier alpha value is -4.90. The maximum absolute atomic E-state index is 9.99. The zero-order chi connectivity index (χ0) is 25.1. The van der Waals surface area contributed by atoms with Crippen molar-refractivity contribution in [2.24, 2.45) is 5.73 Å². The molecule has 0 aliphatic carbocycles. The van der Waals surface area contributed by atoms with Crippen molar-refractivity contribution >= 4 is 0 Å². The molecule has 0 saturated carbocycles. The Bertz CT molecular complexity index is 1450. The number of nitrogens with one attached hydrogen (secondary N) is 1. The third kappa shape index (κ3) is 4.18. The second-order valence-corrected chi connectivity index (χ2v) is 8.15. The van der Waals surface area contributed by atoms with Crippen LogP contribution in [0.3, 0.4) is 0 Å². The summed E-state index contributed by atoms with van der Waals surface area (Å²) in [6, 6.07) is 25.3. The van der Waals surface area contributed by atoms with E-state index in [9.17, 15) is 5.26 Å². The highest BCUT2D eigenvalue weighted by Gasteiger charge is 2.37. The van der Waals surface area contributed by atoms with E-state index in [4.69, 9.17) is 24.7 Å². The Labute approximate surface area is 208 Å². The fourth-order valence-corrected chi connectivity index (χ4v) is 4.29. The Morgan fingerprint density at radius 1 is 1.00 bits per heavy atom. The van der Waals surface area contributed by atoms with Gasteiger partial charge in [-0.15, -0.1) is 5.10 Å². The van der Waals surface area contributed by atoms with Gasteiger partial charge in [0.2, 0.25) is 11.8 Å². The van der Waals surface area contributed by atoms with Gasteiger partial charge in [0.25, 0.3) is 0 Å². The number of allylic oxidation sites excluding steroid dienone is 1. The van der Waals surface area contributed by atoms with Crippen LogP contribution in [-0.2, 0) is 6.61 Å². The first-order valence-corrected chi connectivity index (χ1v) is 11.3. The highest BCUT2D eigenvalue weighted by molar-refractivity contribution is 5.72. The third-order valence-corrected chi connectivity index (χ3v) is 6.08. The van der Waals surface area contributed by atoms with E-state index >= 15 is 0 Å². The van der Waals surface area contributed by atoms with Gasteiger partial charge in [-0.3, -0.25) is 5.10 Å². The Kier molecular flexibility index (Phi) is 6.20. The van der Waals surface area contributed by atoms with E-state index in [0.29, 0.717) is 35.2 Å². The van der Waals surface area contributed by atoms with Crippen molar-refractivity contribution < 1.29 is 18.9 Å². The molecule has 0 bridgehead atoms. The molecule has 0 saturated heterocycles. The molecule has 0 amide bonds. The van der Waals surface area contributed by atoms with Crippen LogP contribution in [0.4, 0.5) is 0 Å². The van der Waals surface area contributed by atoms with Crippen molar-refractivity contribution in [2.75, 3.05) is 14.2 Å². The first-order chi connectivity index (χ1) is 17.6. The monoisotopic (exact) mass is 480 g/mol. The molecule has 36 heavy (non-hydrogen) atoms. The summed E-state index contributed by atoms with van der Waals surface area (Å²) in [6.07, 6.45) is 0. The Morgan fingerprint density at radius 3 is 2.44 bits per heavy atom. The number of rotatable bonds is 7. The van der Waals surface area contributed by atoms with Crippen molar-refractivity contribution in [1.29, 1.82) is 5.26 Å². The minimum atomic E-state index is -0.553. The second-order valence-electron chi connectivity index (χ2n) is 8.15. The van der Waals surface area contributed by atoms with Gasteiger partial charge in [-0.05, 0) is 35.9 Å². The molecule has 8 nitrogen and oxygen atoms in total. The van der Waals surface area contributed by atoms with Gasteiger partial charge in [-0.2, -0.15) is 5.26 Å². The Balaban J connectivity index is 1.52. The van der Waals surface area contributed by atoms with E-state index in [1.54, 1.807) is 20.3 Å². The van der Waals surface area contributed by atoms with Crippen LogP contribution in [0.1, 0.15) is 22.6 Å². The smallest absolute Gasteiger partial charge is 0.244 e. The van der Waals surface area contributed by atoms with Gasteiger partial charge in [-0.1, -0.05) is 36.4 Å². The molecule has 0 radical (unpaired) electrons. The van der Waals surface area contributed by atoms with Crippen LogP contribution < -0.4 is 24.7 Å². The first-order valence-electron chi connectivity index (χ1n) is 11.3. The minimum absolute atomic E-state index is 0.00980. The van der Waals surface area contributed by atoms with Crippen molar-refractivity contribution in [3.05, 3.63) is 101 Å². The van der Waals surface area contributed by atoms with Crippen LogP contribution in [0.15, 0.2) is 84.3 Å². The number of nitrogens with zero attached hydrogens (tertiary/aromatic N) is 2. The predicted octanol–water partition coefficient (Wildman–Crippen LogP) is 4.89. The number of hydrogen-bond acceptors (Lipinski definition) is 7. The number of hydrogen-bond donors (Lipinski definition) is 2. The number of fused-ring (bicyclic) bond motifs is 1. The standard InChI is InChI=1S/C28H24N4O4/c1-33-20-12-13-21(23(14-20)34-2)24-22(15-29)27(30)36-28-25(24)26(31-32-28)18-8-10-19(11-9-18)35-16-17-6-4-3-5-7-17/h3-14,24H,16,30H2,1-2H3,(H,31,32). The maximum atomic E-state index is 9.99. The van der Waals surface area contributed by atoms with Crippen LogP contribution in [0.5, 0.6) is 23.1 Å². The topological polar surface area (TPSA) is 115 Å². The van der Waals surface area contributed by atoms with Gasteiger partial charge in [0.15, 0.2) is 0 Å². The number of H-pyrrole nitrogens is 1. The summed E-state index contributed by atoms with van der Waals surface area (Å²) in [7, 11) is 3.16.